The molecule has 8 nitrogen and oxygen atoms in total. The second-order valence-electron chi connectivity index (χ2n) is 10.8. The molecule has 1 aliphatic heterocycles. The fourth-order valence-electron chi connectivity index (χ4n) is 4.45. The van der Waals surface area contributed by atoms with E-state index in [4.69, 9.17) is 27.9 Å². The highest BCUT2D eigenvalue weighted by molar-refractivity contribution is 9.10. The Bertz CT molecular complexity index is 2110. The molecule has 0 amide bonds. The van der Waals surface area contributed by atoms with Crippen LogP contribution in [0.3, 0.4) is 0 Å². The Morgan fingerprint density at radius 3 is 1.82 bits per heavy atom. The minimum Gasteiger partial charge on any atom is -0.465 e. The van der Waals surface area contributed by atoms with Gasteiger partial charge in [-0.1, -0.05) is 23.2 Å². The van der Waals surface area contributed by atoms with Crippen molar-refractivity contribution in [2.75, 3.05) is 20.3 Å². The quantitative estimate of drug-likeness (QED) is 0.128. The summed E-state index contributed by atoms with van der Waals surface area (Å²) >= 11 is 18.0. The summed E-state index contributed by atoms with van der Waals surface area (Å²) in [5.74, 6) is -2.31. The molecule has 14 heteroatoms. The number of aromatic nitrogens is 4. The summed E-state index contributed by atoms with van der Waals surface area (Å²) in [7, 11) is 1.18. The molecular weight excluding hydrogens is 833 g/mol. The number of nitrogens with zero attached hydrogens (tertiary/aromatic N) is 4. The van der Waals surface area contributed by atoms with Crippen LogP contribution in [0.15, 0.2) is 94.1 Å². The average molecular weight is 863 g/mol. The first-order valence-electron chi connectivity index (χ1n) is 15.3. The van der Waals surface area contributed by atoms with Gasteiger partial charge in [0, 0.05) is 56.0 Å². The predicted molar refractivity (Wildman–Crippen MR) is 201 cm³/mol. The van der Waals surface area contributed by atoms with Gasteiger partial charge in [-0.3, -0.25) is 24.7 Å². The van der Waals surface area contributed by atoms with Crippen molar-refractivity contribution < 1.29 is 27.8 Å². The third-order valence-electron chi connectivity index (χ3n) is 6.94. The minimum absolute atomic E-state index is 0.000282. The molecule has 0 saturated carbocycles. The van der Waals surface area contributed by atoms with Gasteiger partial charge in [0.05, 0.1) is 46.7 Å². The number of benzene rings is 2. The molecule has 0 N–H and O–H groups in total. The first kappa shape index (κ1) is 39.8. The van der Waals surface area contributed by atoms with Crippen molar-refractivity contribution in [3.63, 3.8) is 0 Å². The number of hydrogen-bond acceptors (Lipinski definition) is 8. The Morgan fingerprint density at radius 2 is 1.27 bits per heavy atom. The Balaban J connectivity index is 0.000000170. The topological polar surface area (TPSA) is 104 Å². The zero-order chi connectivity index (χ0) is 36.9. The second-order valence-corrected chi connectivity index (χ2v) is 13.5. The first-order valence-corrected chi connectivity index (χ1v) is 17.7. The van der Waals surface area contributed by atoms with Gasteiger partial charge in [-0.2, -0.15) is 0 Å². The number of carbonyl (C=O) groups is 2. The van der Waals surface area contributed by atoms with Crippen molar-refractivity contribution in [3.8, 4) is 0 Å². The van der Waals surface area contributed by atoms with Gasteiger partial charge in [-0.25, -0.2) is 13.6 Å². The molecule has 264 valence electrons. The van der Waals surface area contributed by atoms with Crippen LogP contribution in [0.2, 0.25) is 10.0 Å². The van der Waals surface area contributed by atoms with E-state index in [1.807, 2.05) is 31.2 Å². The smallest absolute Gasteiger partial charge is 0.340 e. The molecule has 1 aliphatic rings. The number of hydrogen-bond donors (Lipinski definition) is 0. The highest BCUT2D eigenvalue weighted by Gasteiger charge is 2.14. The van der Waals surface area contributed by atoms with Crippen LogP contribution >= 0.6 is 55.1 Å². The van der Waals surface area contributed by atoms with Crippen molar-refractivity contribution in [1.82, 2.24) is 19.9 Å². The van der Waals surface area contributed by atoms with E-state index in [1.165, 1.54) is 50.3 Å². The maximum Gasteiger partial charge on any atom is 0.340 e. The lowest BCUT2D eigenvalue weighted by atomic mass is 10.1. The summed E-state index contributed by atoms with van der Waals surface area (Å²) in [4.78, 5) is 40.2. The van der Waals surface area contributed by atoms with Gasteiger partial charge >= 0.3 is 5.97 Å². The van der Waals surface area contributed by atoms with Crippen LogP contribution in [0.25, 0.3) is 22.1 Å². The lowest BCUT2D eigenvalue weighted by Crippen LogP contribution is -2.07. The number of aryl methyl sites for hydroxylation is 1. The number of ether oxygens (including phenoxy) is 2. The van der Waals surface area contributed by atoms with Gasteiger partial charge in [0.1, 0.15) is 11.6 Å². The van der Waals surface area contributed by atoms with E-state index < -0.39 is 17.6 Å². The molecule has 0 radical (unpaired) electrons. The number of pyridine rings is 4. The van der Waals surface area contributed by atoms with Gasteiger partial charge in [0.25, 0.3) is 0 Å². The second kappa shape index (κ2) is 19.6. The van der Waals surface area contributed by atoms with E-state index >= 15 is 0 Å². The monoisotopic (exact) mass is 860 g/mol. The molecule has 0 bridgehead atoms. The van der Waals surface area contributed by atoms with Crippen LogP contribution in [-0.2, 0) is 15.9 Å². The molecule has 0 spiro atoms. The molecule has 1 saturated heterocycles. The van der Waals surface area contributed by atoms with Crippen molar-refractivity contribution in [2.24, 2.45) is 0 Å². The maximum absolute atomic E-state index is 13.7. The Hall–Kier alpha value is -3.94. The van der Waals surface area contributed by atoms with Gasteiger partial charge in [-0.05, 0) is 124 Å². The fourth-order valence-corrected chi connectivity index (χ4v) is 5.43. The van der Waals surface area contributed by atoms with Crippen molar-refractivity contribution >= 4 is 88.9 Å². The fraction of sp³-hybridized carbons (Fsp3) is 0.189. The molecule has 4 aromatic heterocycles. The minimum atomic E-state index is -0.727. The number of halogens is 6. The van der Waals surface area contributed by atoms with Gasteiger partial charge in [0.15, 0.2) is 5.78 Å². The molecular formula is C37H30Br2Cl2F2N4O4. The summed E-state index contributed by atoms with van der Waals surface area (Å²) in [5, 5.41) is 0.626. The third kappa shape index (κ3) is 12.4. The number of esters is 1. The van der Waals surface area contributed by atoms with E-state index in [-0.39, 0.29) is 23.3 Å². The zero-order valence-corrected chi connectivity index (χ0v) is 32.0. The molecule has 0 atom stereocenters. The van der Waals surface area contributed by atoms with Gasteiger partial charge in [-0.15, -0.1) is 0 Å². The van der Waals surface area contributed by atoms with Crippen LogP contribution < -0.4 is 0 Å². The number of ketones is 1. The van der Waals surface area contributed by atoms with Crippen LogP contribution in [0.5, 0.6) is 0 Å². The first-order chi connectivity index (χ1) is 24.4. The lowest BCUT2D eigenvalue weighted by Gasteiger charge is -2.05. The van der Waals surface area contributed by atoms with E-state index in [0.717, 1.165) is 50.5 Å². The molecule has 0 aliphatic carbocycles. The van der Waals surface area contributed by atoms with E-state index in [0.29, 0.717) is 21.3 Å². The summed E-state index contributed by atoms with van der Waals surface area (Å²) < 4.78 is 37.6. The highest BCUT2D eigenvalue weighted by atomic mass is 79.9. The van der Waals surface area contributed by atoms with Crippen LogP contribution in [0.4, 0.5) is 8.78 Å². The molecule has 1 fully saturated rings. The van der Waals surface area contributed by atoms with E-state index in [1.54, 1.807) is 24.5 Å². The largest absolute Gasteiger partial charge is 0.465 e. The molecule has 0 unspecified atom stereocenters. The number of methoxy groups -OCH3 is 1. The summed E-state index contributed by atoms with van der Waals surface area (Å²) in [6.45, 7) is 3.97. The molecule has 6 aromatic rings. The standard InChI is InChI=1S/C16H9BrClFN2O.C9H7BrN2.C8H6ClFO2.C4H8O/c17-9-5-15-14(20-8-9)4-2-11(21-15)7-16(22)12-6-10(18)1-3-13(12)19;1-6-2-3-8-9(12-6)4-7(10)5-11-8;1-12-8(11)6-4-5(9)2-3-7(6)10;1-2-4-5-3-1/h1-6,8H,7H2;2-5H,1H3;2-4H,1H3;1-4H2. The number of fused-ring (bicyclic) bond motifs is 2. The van der Waals surface area contributed by atoms with Gasteiger partial charge < -0.3 is 9.47 Å². The van der Waals surface area contributed by atoms with Crippen LogP contribution in [0, 0.1) is 18.6 Å². The summed E-state index contributed by atoms with van der Waals surface area (Å²) in [6, 6.07) is 18.9. The predicted octanol–water partition coefficient (Wildman–Crippen LogP) is 10.4. The number of Topliss-reactive ketones (excluding diaryl/α,β-unsaturated/α-hetero) is 1. The highest BCUT2D eigenvalue weighted by Crippen LogP contribution is 2.20. The third-order valence-corrected chi connectivity index (χ3v) is 8.27. The van der Waals surface area contributed by atoms with Crippen LogP contribution in [0.1, 0.15) is 44.9 Å². The summed E-state index contributed by atoms with van der Waals surface area (Å²) in [5.41, 5.74) is 4.67. The van der Waals surface area contributed by atoms with Crippen molar-refractivity contribution in [1.29, 1.82) is 0 Å². The lowest BCUT2D eigenvalue weighted by molar-refractivity contribution is 0.0595. The van der Waals surface area contributed by atoms with Crippen molar-refractivity contribution in [2.45, 2.75) is 26.2 Å². The maximum atomic E-state index is 13.7. The molecule has 7 rings (SSSR count). The zero-order valence-electron chi connectivity index (χ0n) is 27.3. The Morgan fingerprint density at radius 1 is 0.745 bits per heavy atom. The van der Waals surface area contributed by atoms with Gasteiger partial charge in [0.2, 0.25) is 0 Å². The molecule has 5 heterocycles. The molecule has 2 aromatic carbocycles. The molecule has 51 heavy (non-hydrogen) atoms. The average Bonchev–Trinajstić information content (AvgIpc) is 3.71. The van der Waals surface area contributed by atoms with E-state index in [9.17, 15) is 18.4 Å². The normalized spacial score (nSPS) is 11.8. The van der Waals surface area contributed by atoms with Crippen molar-refractivity contribution in [3.05, 3.63) is 138 Å². The SMILES string of the molecule is C1CCOC1.COC(=O)c1cc(Cl)ccc1F.Cc1ccc2ncc(Br)cc2n1.O=C(Cc1ccc2ncc(Br)cc2n1)c1cc(Cl)ccc1F. The summed E-state index contributed by atoms with van der Waals surface area (Å²) in [6.07, 6.45) is 6.01. The van der Waals surface area contributed by atoms with E-state index in [2.05, 4.69) is 56.5 Å². The number of carbonyl (C=O) groups excluding carboxylic acids is 2. The van der Waals surface area contributed by atoms with Crippen LogP contribution in [-0.4, -0.2) is 52.0 Å². The number of rotatable bonds is 4. The Kier molecular flexibility index (Phi) is 15.3. The Labute approximate surface area is 319 Å².